The van der Waals surface area contributed by atoms with E-state index in [1.165, 1.54) is 6.07 Å². The summed E-state index contributed by atoms with van der Waals surface area (Å²) >= 11 is 0. The fourth-order valence-electron chi connectivity index (χ4n) is 1.76. The molecule has 0 amide bonds. The average molecular weight is 259 g/mol. The van der Waals surface area contributed by atoms with E-state index in [9.17, 15) is 18.3 Å². The number of aliphatic hydroxyl groups is 1. The highest BCUT2D eigenvalue weighted by Crippen LogP contribution is 2.32. The van der Waals surface area contributed by atoms with E-state index >= 15 is 0 Å². The number of aromatic nitrogens is 2. The molecule has 4 nitrogen and oxygen atoms in total. The Morgan fingerprint density at radius 3 is 2.78 bits per heavy atom. The highest BCUT2D eigenvalue weighted by atomic mass is 19.4. The molecule has 2 rings (SSSR count). The molecule has 1 atom stereocenters. The van der Waals surface area contributed by atoms with Crippen LogP contribution in [0.5, 0.6) is 0 Å². The van der Waals surface area contributed by atoms with E-state index in [2.05, 4.69) is 15.5 Å². The molecule has 0 saturated heterocycles. The van der Waals surface area contributed by atoms with Crippen molar-refractivity contribution in [2.24, 2.45) is 0 Å². The number of fused-ring (bicyclic) bond motifs is 1. The molecule has 0 aliphatic carbocycles. The SMILES string of the molecule is CNCC(O)c1[nH]nc2cc(C(F)(F)F)ccc12. The topological polar surface area (TPSA) is 60.9 Å². The fraction of sp³-hybridized carbons (Fsp3) is 0.364. The average Bonchev–Trinajstić information content (AvgIpc) is 2.70. The zero-order chi connectivity index (χ0) is 13.3. The summed E-state index contributed by atoms with van der Waals surface area (Å²) in [7, 11) is 1.67. The molecule has 0 aliphatic rings. The maximum absolute atomic E-state index is 12.5. The van der Waals surface area contributed by atoms with Crippen LogP contribution >= 0.6 is 0 Å². The third-order valence-corrected chi connectivity index (χ3v) is 2.64. The van der Waals surface area contributed by atoms with Gasteiger partial charge in [0.25, 0.3) is 0 Å². The van der Waals surface area contributed by atoms with Crippen molar-refractivity contribution in [2.45, 2.75) is 12.3 Å². The van der Waals surface area contributed by atoms with Gasteiger partial charge in [-0.3, -0.25) is 5.10 Å². The number of rotatable bonds is 3. The summed E-state index contributed by atoms with van der Waals surface area (Å²) in [6.07, 6.45) is -5.23. The Labute approximate surface area is 101 Å². The minimum Gasteiger partial charge on any atom is -0.385 e. The lowest BCUT2D eigenvalue weighted by atomic mass is 10.1. The number of alkyl halides is 3. The number of hydrogen-bond donors (Lipinski definition) is 3. The number of halogens is 3. The molecule has 0 fully saturated rings. The fourth-order valence-corrected chi connectivity index (χ4v) is 1.76. The highest BCUT2D eigenvalue weighted by molar-refractivity contribution is 5.82. The molecule has 1 unspecified atom stereocenters. The van der Waals surface area contributed by atoms with Gasteiger partial charge in [-0.1, -0.05) is 6.07 Å². The van der Waals surface area contributed by atoms with Crippen molar-refractivity contribution in [3.05, 3.63) is 29.5 Å². The maximum atomic E-state index is 12.5. The van der Waals surface area contributed by atoms with Gasteiger partial charge in [-0.2, -0.15) is 18.3 Å². The van der Waals surface area contributed by atoms with E-state index in [1.54, 1.807) is 7.05 Å². The summed E-state index contributed by atoms with van der Waals surface area (Å²) in [5.74, 6) is 0. The lowest BCUT2D eigenvalue weighted by Crippen LogP contribution is -2.17. The molecule has 1 aromatic carbocycles. The zero-order valence-electron chi connectivity index (χ0n) is 9.54. The van der Waals surface area contributed by atoms with Crippen LogP contribution in [0.2, 0.25) is 0 Å². The Hall–Kier alpha value is -1.60. The van der Waals surface area contributed by atoms with Gasteiger partial charge >= 0.3 is 6.18 Å². The predicted molar refractivity (Wildman–Crippen MR) is 60.0 cm³/mol. The van der Waals surface area contributed by atoms with Crippen LogP contribution in [0, 0.1) is 0 Å². The van der Waals surface area contributed by atoms with Gasteiger partial charge in [0.05, 0.1) is 16.8 Å². The van der Waals surface area contributed by atoms with Crippen LogP contribution in [0.1, 0.15) is 17.4 Å². The first-order chi connectivity index (χ1) is 8.43. The molecule has 0 bridgehead atoms. The second-order valence-electron chi connectivity index (χ2n) is 3.94. The molecule has 98 valence electrons. The third-order valence-electron chi connectivity index (χ3n) is 2.64. The Morgan fingerprint density at radius 2 is 2.17 bits per heavy atom. The first kappa shape index (κ1) is 12.8. The van der Waals surface area contributed by atoms with Crippen LogP contribution in [0.25, 0.3) is 10.9 Å². The summed E-state index contributed by atoms with van der Waals surface area (Å²) < 4.78 is 37.5. The highest BCUT2D eigenvalue weighted by Gasteiger charge is 2.31. The van der Waals surface area contributed by atoms with Gasteiger partial charge in [-0.05, 0) is 19.2 Å². The quantitative estimate of drug-likeness (QED) is 0.788. The smallest absolute Gasteiger partial charge is 0.385 e. The standard InChI is InChI=1S/C11H12F3N3O/c1-15-5-9(18)10-7-3-2-6(11(12,13)14)4-8(7)16-17-10/h2-4,9,15,18H,5H2,1H3,(H,16,17). The normalized spacial score (nSPS) is 14.1. The van der Waals surface area contributed by atoms with Crippen LogP contribution in [0.3, 0.4) is 0 Å². The lowest BCUT2D eigenvalue weighted by Gasteiger charge is -2.08. The molecule has 7 heteroatoms. The Morgan fingerprint density at radius 1 is 1.44 bits per heavy atom. The van der Waals surface area contributed by atoms with Crippen molar-refractivity contribution < 1.29 is 18.3 Å². The van der Waals surface area contributed by atoms with Crippen molar-refractivity contribution in [1.82, 2.24) is 15.5 Å². The molecule has 0 aliphatic heterocycles. The third kappa shape index (κ3) is 2.32. The van der Waals surface area contributed by atoms with Crippen LogP contribution in [-0.4, -0.2) is 28.9 Å². The number of benzene rings is 1. The largest absolute Gasteiger partial charge is 0.416 e. The van der Waals surface area contributed by atoms with E-state index in [-0.39, 0.29) is 12.1 Å². The minimum absolute atomic E-state index is 0.190. The van der Waals surface area contributed by atoms with E-state index in [4.69, 9.17) is 0 Å². The lowest BCUT2D eigenvalue weighted by molar-refractivity contribution is -0.137. The number of nitrogens with zero attached hydrogens (tertiary/aromatic N) is 1. The van der Waals surface area contributed by atoms with Crippen molar-refractivity contribution in [3.8, 4) is 0 Å². The summed E-state index contributed by atoms with van der Waals surface area (Å²) in [5, 5.41) is 19.4. The molecule has 18 heavy (non-hydrogen) atoms. The van der Waals surface area contributed by atoms with Crippen molar-refractivity contribution in [3.63, 3.8) is 0 Å². The summed E-state index contributed by atoms with van der Waals surface area (Å²) in [6, 6.07) is 3.25. The van der Waals surface area contributed by atoms with Gasteiger partial charge in [-0.15, -0.1) is 0 Å². The van der Waals surface area contributed by atoms with Crippen LogP contribution in [0.4, 0.5) is 13.2 Å². The Kier molecular flexibility index (Phi) is 3.27. The molecule has 3 N–H and O–H groups in total. The predicted octanol–water partition coefficient (Wildman–Crippen LogP) is 1.83. The van der Waals surface area contributed by atoms with E-state index in [0.29, 0.717) is 11.1 Å². The zero-order valence-corrected chi connectivity index (χ0v) is 9.54. The first-order valence-corrected chi connectivity index (χ1v) is 5.31. The molecule has 2 aromatic rings. The van der Waals surface area contributed by atoms with Gasteiger partial charge in [0.2, 0.25) is 0 Å². The number of hydrogen-bond acceptors (Lipinski definition) is 3. The molecular formula is C11H12F3N3O. The number of nitrogens with one attached hydrogen (secondary N) is 2. The monoisotopic (exact) mass is 259 g/mol. The van der Waals surface area contributed by atoms with Gasteiger partial charge in [0, 0.05) is 11.9 Å². The number of likely N-dealkylation sites (N-methyl/N-ethyl adjacent to an activating group) is 1. The molecular weight excluding hydrogens is 247 g/mol. The first-order valence-electron chi connectivity index (χ1n) is 5.31. The number of aliphatic hydroxyl groups excluding tert-OH is 1. The second-order valence-corrected chi connectivity index (χ2v) is 3.94. The van der Waals surface area contributed by atoms with Gasteiger partial charge in [-0.25, -0.2) is 0 Å². The summed E-state index contributed by atoms with van der Waals surface area (Å²) in [4.78, 5) is 0. The molecule has 0 spiro atoms. The Bertz CT molecular complexity index is 550. The molecule has 0 radical (unpaired) electrons. The second kappa shape index (κ2) is 4.58. The maximum Gasteiger partial charge on any atom is 0.416 e. The van der Waals surface area contributed by atoms with Crippen molar-refractivity contribution >= 4 is 10.9 Å². The van der Waals surface area contributed by atoms with E-state index in [1.807, 2.05) is 0 Å². The molecule has 1 aromatic heterocycles. The van der Waals surface area contributed by atoms with Crippen LogP contribution in [-0.2, 0) is 6.18 Å². The Balaban J connectivity index is 2.44. The molecule has 1 heterocycles. The summed E-state index contributed by atoms with van der Waals surface area (Å²) in [5.41, 5.74) is -0.154. The summed E-state index contributed by atoms with van der Waals surface area (Å²) in [6.45, 7) is 0.290. The van der Waals surface area contributed by atoms with E-state index in [0.717, 1.165) is 12.1 Å². The minimum atomic E-state index is -4.39. The van der Waals surface area contributed by atoms with Gasteiger partial charge < -0.3 is 10.4 Å². The number of aromatic amines is 1. The van der Waals surface area contributed by atoms with E-state index < -0.39 is 17.8 Å². The van der Waals surface area contributed by atoms with Crippen molar-refractivity contribution in [2.75, 3.05) is 13.6 Å². The van der Waals surface area contributed by atoms with Crippen molar-refractivity contribution in [1.29, 1.82) is 0 Å². The molecule has 0 saturated carbocycles. The van der Waals surface area contributed by atoms with Crippen LogP contribution < -0.4 is 5.32 Å². The number of H-pyrrole nitrogens is 1. The van der Waals surface area contributed by atoms with Crippen LogP contribution in [0.15, 0.2) is 18.2 Å². The van der Waals surface area contributed by atoms with Gasteiger partial charge in [0.1, 0.15) is 6.10 Å². The van der Waals surface area contributed by atoms with Gasteiger partial charge in [0.15, 0.2) is 0 Å².